The van der Waals surface area contributed by atoms with E-state index in [1.165, 1.54) is 5.56 Å². The molecule has 5 nitrogen and oxygen atoms in total. The van der Waals surface area contributed by atoms with Crippen LogP contribution in [0.15, 0.2) is 36.5 Å². The Morgan fingerprint density at radius 2 is 2.11 bits per heavy atom. The Morgan fingerprint density at radius 3 is 2.84 bits per heavy atom. The molecule has 0 saturated carbocycles. The summed E-state index contributed by atoms with van der Waals surface area (Å²) < 4.78 is 6.87. The fourth-order valence-electron chi connectivity index (χ4n) is 1.86. The summed E-state index contributed by atoms with van der Waals surface area (Å²) in [6.45, 7) is 4.35. The second-order valence-electron chi connectivity index (χ2n) is 4.45. The van der Waals surface area contributed by atoms with E-state index in [2.05, 4.69) is 34.7 Å². The lowest BCUT2D eigenvalue weighted by molar-refractivity contribution is 0.199. The standard InChI is InChI=1S/C14H20N4O/c1-12(13-6-4-3-5-7-13)18-11-14(16-17-18)10-15-8-9-19-2/h3-7,11-12,15H,8-10H2,1-2H3. The SMILES string of the molecule is COCCNCc1cn(C(C)c2ccccc2)nn1. The van der Waals surface area contributed by atoms with Crippen LogP contribution in [0.2, 0.25) is 0 Å². The first-order valence-electron chi connectivity index (χ1n) is 6.46. The van der Waals surface area contributed by atoms with E-state index in [0.29, 0.717) is 13.2 Å². The molecule has 0 aliphatic rings. The highest BCUT2D eigenvalue weighted by Gasteiger charge is 2.09. The van der Waals surface area contributed by atoms with E-state index in [9.17, 15) is 0 Å². The van der Waals surface area contributed by atoms with E-state index in [0.717, 1.165) is 12.2 Å². The smallest absolute Gasteiger partial charge is 0.0965 e. The molecule has 1 aromatic heterocycles. The zero-order valence-corrected chi connectivity index (χ0v) is 11.4. The number of methoxy groups -OCH3 is 1. The Morgan fingerprint density at radius 1 is 1.32 bits per heavy atom. The molecule has 1 atom stereocenters. The molecule has 1 N–H and O–H groups in total. The molecule has 102 valence electrons. The van der Waals surface area contributed by atoms with Crippen molar-refractivity contribution in [1.29, 1.82) is 0 Å². The molecule has 1 aromatic carbocycles. The van der Waals surface area contributed by atoms with E-state index in [4.69, 9.17) is 4.74 Å². The van der Waals surface area contributed by atoms with Gasteiger partial charge < -0.3 is 10.1 Å². The van der Waals surface area contributed by atoms with E-state index < -0.39 is 0 Å². The van der Waals surface area contributed by atoms with Crippen molar-refractivity contribution in [3.05, 3.63) is 47.8 Å². The van der Waals surface area contributed by atoms with Crippen LogP contribution in [0, 0.1) is 0 Å². The molecule has 0 aliphatic carbocycles. The van der Waals surface area contributed by atoms with Gasteiger partial charge in [0.05, 0.1) is 24.5 Å². The lowest BCUT2D eigenvalue weighted by Crippen LogP contribution is -2.18. The van der Waals surface area contributed by atoms with Gasteiger partial charge in [-0.3, -0.25) is 0 Å². The number of hydrogen-bond donors (Lipinski definition) is 1. The predicted molar refractivity (Wildman–Crippen MR) is 73.9 cm³/mol. The van der Waals surface area contributed by atoms with Crippen LogP contribution in [-0.2, 0) is 11.3 Å². The van der Waals surface area contributed by atoms with Crippen LogP contribution in [0.5, 0.6) is 0 Å². The zero-order valence-electron chi connectivity index (χ0n) is 11.4. The average molecular weight is 260 g/mol. The summed E-state index contributed by atoms with van der Waals surface area (Å²) in [5, 5.41) is 11.6. The van der Waals surface area contributed by atoms with Crippen LogP contribution in [0.1, 0.15) is 24.2 Å². The van der Waals surface area contributed by atoms with Gasteiger partial charge in [0.15, 0.2) is 0 Å². The number of benzene rings is 1. The summed E-state index contributed by atoms with van der Waals surface area (Å²) in [5.41, 5.74) is 2.17. The Bertz CT molecular complexity index is 483. The lowest BCUT2D eigenvalue weighted by Gasteiger charge is -2.10. The van der Waals surface area contributed by atoms with E-state index >= 15 is 0 Å². The Hall–Kier alpha value is -1.72. The highest BCUT2D eigenvalue weighted by Crippen LogP contribution is 2.15. The maximum Gasteiger partial charge on any atom is 0.0965 e. The van der Waals surface area contributed by atoms with Crippen molar-refractivity contribution in [2.24, 2.45) is 0 Å². The first-order chi connectivity index (χ1) is 9.31. The Balaban J connectivity index is 1.93. The lowest BCUT2D eigenvalue weighted by atomic mass is 10.1. The van der Waals surface area contributed by atoms with Gasteiger partial charge >= 0.3 is 0 Å². The fraction of sp³-hybridized carbons (Fsp3) is 0.429. The van der Waals surface area contributed by atoms with Crippen molar-refractivity contribution in [1.82, 2.24) is 20.3 Å². The molecule has 0 amide bonds. The van der Waals surface area contributed by atoms with Gasteiger partial charge in [-0.2, -0.15) is 0 Å². The molecule has 0 saturated heterocycles. The van der Waals surface area contributed by atoms with E-state index in [1.807, 2.05) is 29.1 Å². The summed E-state index contributed by atoms with van der Waals surface area (Å²) in [4.78, 5) is 0. The molecule has 2 aromatic rings. The highest BCUT2D eigenvalue weighted by molar-refractivity contribution is 5.18. The summed E-state index contributed by atoms with van der Waals surface area (Å²) in [7, 11) is 1.69. The molecule has 0 spiro atoms. The van der Waals surface area contributed by atoms with E-state index in [-0.39, 0.29) is 6.04 Å². The normalized spacial score (nSPS) is 12.5. The van der Waals surface area contributed by atoms with Gasteiger partial charge in [-0.05, 0) is 12.5 Å². The first-order valence-corrected chi connectivity index (χ1v) is 6.46. The van der Waals surface area contributed by atoms with Gasteiger partial charge in [-0.1, -0.05) is 35.5 Å². The minimum absolute atomic E-state index is 0.196. The van der Waals surface area contributed by atoms with Crippen molar-refractivity contribution in [2.45, 2.75) is 19.5 Å². The van der Waals surface area contributed by atoms with Crippen LogP contribution in [-0.4, -0.2) is 35.3 Å². The number of ether oxygens (including phenoxy) is 1. The third kappa shape index (κ3) is 3.87. The molecule has 1 unspecified atom stereocenters. The third-order valence-corrected chi connectivity index (χ3v) is 3.03. The number of nitrogens with zero attached hydrogens (tertiary/aromatic N) is 3. The third-order valence-electron chi connectivity index (χ3n) is 3.03. The summed E-state index contributed by atoms with van der Waals surface area (Å²) in [6, 6.07) is 10.5. The predicted octanol–water partition coefficient (Wildman–Crippen LogP) is 1.62. The van der Waals surface area contributed by atoms with Crippen molar-refractivity contribution < 1.29 is 4.74 Å². The quantitative estimate of drug-likeness (QED) is 0.769. The molecule has 0 fully saturated rings. The second kappa shape index (κ2) is 7.01. The van der Waals surface area contributed by atoms with Gasteiger partial charge in [0.25, 0.3) is 0 Å². The highest BCUT2D eigenvalue weighted by atomic mass is 16.5. The molecule has 0 aliphatic heterocycles. The van der Waals surface area contributed by atoms with Gasteiger partial charge in [-0.25, -0.2) is 4.68 Å². The molecule has 1 heterocycles. The summed E-state index contributed by atoms with van der Waals surface area (Å²) >= 11 is 0. The minimum atomic E-state index is 0.196. The molecular weight excluding hydrogens is 240 g/mol. The van der Waals surface area contributed by atoms with Crippen molar-refractivity contribution in [3.8, 4) is 0 Å². The summed E-state index contributed by atoms with van der Waals surface area (Å²) in [6.07, 6.45) is 1.98. The summed E-state index contributed by atoms with van der Waals surface area (Å²) in [5.74, 6) is 0. The molecule has 0 radical (unpaired) electrons. The first kappa shape index (κ1) is 13.7. The number of aromatic nitrogens is 3. The van der Waals surface area contributed by atoms with Crippen molar-refractivity contribution in [3.63, 3.8) is 0 Å². The minimum Gasteiger partial charge on any atom is -0.383 e. The van der Waals surface area contributed by atoms with Crippen molar-refractivity contribution in [2.75, 3.05) is 20.3 Å². The van der Waals surface area contributed by atoms with Gasteiger partial charge in [-0.15, -0.1) is 5.10 Å². The molecule has 0 bridgehead atoms. The van der Waals surface area contributed by atoms with Crippen molar-refractivity contribution >= 4 is 0 Å². The Labute approximate surface area is 113 Å². The zero-order chi connectivity index (χ0) is 13.5. The largest absolute Gasteiger partial charge is 0.383 e. The van der Waals surface area contributed by atoms with Crippen LogP contribution in [0.25, 0.3) is 0 Å². The molecule has 5 heteroatoms. The van der Waals surface area contributed by atoms with E-state index in [1.54, 1.807) is 7.11 Å². The maximum atomic E-state index is 4.98. The number of rotatable bonds is 7. The van der Waals surface area contributed by atoms with Gasteiger partial charge in [0, 0.05) is 20.2 Å². The van der Waals surface area contributed by atoms with Crippen LogP contribution in [0.4, 0.5) is 0 Å². The molecular formula is C14H20N4O. The number of hydrogen-bond acceptors (Lipinski definition) is 4. The van der Waals surface area contributed by atoms with Crippen LogP contribution < -0.4 is 5.32 Å². The number of nitrogens with one attached hydrogen (secondary N) is 1. The van der Waals surface area contributed by atoms with Crippen LogP contribution >= 0.6 is 0 Å². The molecule has 2 rings (SSSR count). The maximum absolute atomic E-state index is 4.98. The monoisotopic (exact) mass is 260 g/mol. The Kier molecular flexibility index (Phi) is 5.06. The average Bonchev–Trinajstić information content (AvgIpc) is 2.92. The van der Waals surface area contributed by atoms with Crippen LogP contribution in [0.3, 0.4) is 0 Å². The van der Waals surface area contributed by atoms with Gasteiger partial charge in [0.1, 0.15) is 0 Å². The van der Waals surface area contributed by atoms with Gasteiger partial charge in [0.2, 0.25) is 0 Å². The second-order valence-corrected chi connectivity index (χ2v) is 4.45. The topological polar surface area (TPSA) is 52.0 Å². The fourth-order valence-corrected chi connectivity index (χ4v) is 1.86. The molecule has 19 heavy (non-hydrogen) atoms.